The summed E-state index contributed by atoms with van der Waals surface area (Å²) in [5.41, 5.74) is 0. The number of hydrogen-bond donors (Lipinski definition) is 2. The summed E-state index contributed by atoms with van der Waals surface area (Å²) in [7, 11) is 0. The highest BCUT2D eigenvalue weighted by molar-refractivity contribution is 5.82. The van der Waals surface area contributed by atoms with Gasteiger partial charge in [-0.2, -0.15) is 4.98 Å². The molecule has 1 aromatic rings. The lowest BCUT2D eigenvalue weighted by atomic mass is 10.4. The number of carboxylic acid groups (broad SMARTS) is 1. The van der Waals surface area contributed by atoms with Crippen molar-refractivity contribution in [2.24, 2.45) is 0 Å². The zero-order chi connectivity index (χ0) is 9.97. The number of nitrogens with one attached hydrogen (secondary N) is 1. The molecule has 2 N–H and O–H groups in total. The maximum absolute atomic E-state index is 10.4. The minimum absolute atomic E-state index is 0.272. The number of rotatable bonds is 5. The van der Waals surface area contributed by atoms with Crippen molar-refractivity contribution in [3.8, 4) is 0 Å². The Bertz CT molecular complexity index is 332. The second kappa shape index (κ2) is 3.75. The average molecular weight is 197 g/mol. The normalized spacial score (nSPS) is 15.7. The summed E-state index contributed by atoms with van der Waals surface area (Å²) in [4.78, 5) is 14.1. The van der Waals surface area contributed by atoms with E-state index in [1.807, 2.05) is 0 Å². The van der Waals surface area contributed by atoms with Crippen molar-refractivity contribution in [2.75, 3.05) is 6.54 Å². The first-order valence-corrected chi connectivity index (χ1v) is 4.55. The number of nitrogens with zero attached hydrogens (tertiary/aromatic N) is 2. The molecular weight excluding hydrogens is 186 g/mol. The van der Waals surface area contributed by atoms with Crippen LogP contribution in [0.3, 0.4) is 0 Å². The molecule has 1 aliphatic rings. The molecule has 76 valence electrons. The Labute approximate surface area is 80.3 Å². The number of carbonyl (C=O) groups is 1. The molecule has 1 heterocycles. The Morgan fingerprint density at radius 2 is 2.43 bits per heavy atom. The summed E-state index contributed by atoms with van der Waals surface area (Å²) >= 11 is 0. The number of hydrogen-bond acceptors (Lipinski definition) is 5. The van der Waals surface area contributed by atoms with Crippen molar-refractivity contribution >= 4 is 5.97 Å². The first-order chi connectivity index (χ1) is 6.75. The first kappa shape index (κ1) is 9.14. The van der Waals surface area contributed by atoms with Gasteiger partial charge in [-0.15, -0.1) is 0 Å². The van der Waals surface area contributed by atoms with Crippen LogP contribution in [-0.2, 0) is 6.42 Å². The molecule has 0 saturated heterocycles. The smallest absolute Gasteiger partial charge is 0.377 e. The van der Waals surface area contributed by atoms with Crippen LogP contribution >= 0.6 is 0 Å². The molecule has 1 fully saturated rings. The van der Waals surface area contributed by atoms with Crippen molar-refractivity contribution in [1.29, 1.82) is 0 Å². The lowest BCUT2D eigenvalue weighted by Gasteiger charge is -1.96. The van der Waals surface area contributed by atoms with Crippen LogP contribution in [0.1, 0.15) is 29.4 Å². The van der Waals surface area contributed by atoms with Gasteiger partial charge in [0, 0.05) is 19.0 Å². The Hall–Kier alpha value is -1.43. The second-order valence-corrected chi connectivity index (χ2v) is 3.30. The maximum atomic E-state index is 10.4. The van der Waals surface area contributed by atoms with E-state index >= 15 is 0 Å². The Kier molecular flexibility index (Phi) is 2.45. The third-order valence-electron chi connectivity index (χ3n) is 2.01. The summed E-state index contributed by atoms with van der Waals surface area (Å²) in [5.74, 6) is -1.06. The topological polar surface area (TPSA) is 88.2 Å². The van der Waals surface area contributed by atoms with Gasteiger partial charge in [0.2, 0.25) is 5.89 Å². The second-order valence-electron chi connectivity index (χ2n) is 3.30. The fourth-order valence-electron chi connectivity index (χ4n) is 1.11. The molecule has 0 bridgehead atoms. The quantitative estimate of drug-likeness (QED) is 0.694. The zero-order valence-electron chi connectivity index (χ0n) is 7.56. The molecule has 0 atom stereocenters. The van der Waals surface area contributed by atoms with Crippen molar-refractivity contribution in [2.45, 2.75) is 25.3 Å². The first-order valence-electron chi connectivity index (χ1n) is 4.55. The fourth-order valence-corrected chi connectivity index (χ4v) is 1.11. The van der Waals surface area contributed by atoms with Gasteiger partial charge >= 0.3 is 5.97 Å². The van der Waals surface area contributed by atoms with E-state index in [9.17, 15) is 4.79 Å². The Balaban J connectivity index is 1.79. The van der Waals surface area contributed by atoms with Gasteiger partial charge in [0.05, 0.1) is 0 Å². The number of carboxylic acids is 1. The molecule has 6 heteroatoms. The largest absolute Gasteiger partial charge is 0.475 e. The van der Waals surface area contributed by atoms with E-state index in [1.54, 1.807) is 0 Å². The lowest BCUT2D eigenvalue weighted by molar-refractivity contribution is 0.0680. The predicted octanol–water partition coefficient (Wildman–Crippen LogP) is 0.0623. The van der Waals surface area contributed by atoms with Crippen LogP contribution in [0.25, 0.3) is 0 Å². The summed E-state index contributed by atoms with van der Waals surface area (Å²) < 4.78 is 4.75. The summed E-state index contributed by atoms with van der Waals surface area (Å²) in [6.07, 6.45) is 3.03. The number of aromatic nitrogens is 2. The van der Waals surface area contributed by atoms with E-state index in [-0.39, 0.29) is 5.82 Å². The van der Waals surface area contributed by atoms with Gasteiger partial charge in [-0.3, -0.25) is 0 Å². The molecular formula is C8H11N3O3. The zero-order valence-corrected chi connectivity index (χ0v) is 7.56. The van der Waals surface area contributed by atoms with Crippen LogP contribution in [0.2, 0.25) is 0 Å². The molecule has 0 spiro atoms. The summed E-state index contributed by atoms with van der Waals surface area (Å²) in [5, 5.41) is 15.1. The molecule has 0 unspecified atom stereocenters. The highest BCUT2D eigenvalue weighted by atomic mass is 16.5. The van der Waals surface area contributed by atoms with Crippen LogP contribution < -0.4 is 5.32 Å². The van der Waals surface area contributed by atoms with Gasteiger partial charge in [-0.1, -0.05) is 0 Å². The minimum Gasteiger partial charge on any atom is -0.475 e. The molecule has 1 aromatic heterocycles. The highest BCUT2D eigenvalue weighted by Gasteiger charge is 2.20. The van der Waals surface area contributed by atoms with Crippen molar-refractivity contribution in [3.05, 3.63) is 11.7 Å². The van der Waals surface area contributed by atoms with E-state index in [0.29, 0.717) is 18.4 Å². The molecule has 1 aliphatic carbocycles. The molecule has 0 aliphatic heterocycles. The Morgan fingerprint density at radius 3 is 3.00 bits per heavy atom. The van der Waals surface area contributed by atoms with Crippen LogP contribution in [0.15, 0.2) is 4.52 Å². The molecule has 0 aromatic carbocycles. The third kappa shape index (κ3) is 2.29. The predicted molar refractivity (Wildman–Crippen MR) is 46.0 cm³/mol. The van der Waals surface area contributed by atoms with Crippen LogP contribution in [0.5, 0.6) is 0 Å². The monoisotopic (exact) mass is 197 g/mol. The SMILES string of the molecule is O=C(O)c1noc(CCNC2CC2)n1. The van der Waals surface area contributed by atoms with Crippen molar-refractivity contribution in [1.82, 2.24) is 15.5 Å². The maximum Gasteiger partial charge on any atom is 0.377 e. The van der Waals surface area contributed by atoms with E-state index in [0.717, 1.165) is 6.54 Å². The average Bonchev–Trinajstić information content (AvgIpc) is 2.82. The van der Waals surface area contributed by atoms with Crippen molar-refractivity contribution < 1.29 is 14.4 Å². The van der Waals surface area contributed by atoms with Gasteiger partial charge in [0.15, 0.2) is 0 Å². The van der Waals surface area contributed by atoms with Crippen LogP contribution in [0.4, 0.5) is 0 Å². The standard InChI is InChI=1S/C8H11N3O3/c12-8(13)7-10-6(14-11-7)3-4-9-5-1-2-5/h5,9H,1-4H2,(H,12,13). The Morgan fingerprint density at radius 1 is 1.64 bits per heavy atom. The van der Waals surface area contributed by atoms with Crippen LogP contribution in [0, 0.1) is 0 Å². The third-order valence-corrected chi connectivity index (χ3v) is 2.01. The van der Waals surface area contributed by atoms with Gasteiger partial charge in [-0.25, -0.2) is 4.79 Å². The van der Waals surface area contributed by atoms with Gasteiger partial charge in [-0.05, 0) is 18.0 Å². The van der Waals surface area contributed by atoms with E-state index in [4.69, 9.17) is 9.63 Å². The van der Waals surface area contributed by atoms with E-state index < -0.39 is 5.97 Å². The number of aromatic carboxylic acids is 1. The molecule has 0 radical (unpaired) electrons. The van der Waals surface area contributed by atoms with E-state index in [2.05, 4.69) is 15.5 Å². The summed E-state index contributed by atoms with van der Waals surface area (Å²) in [6, 6.07) is 0.636. The van der Waals surface area contributed by atoms with Gasteiger partial charge < -0.3 is 14.9 Å². The van der Waals surface area contributed by atoms with Gasteiger partial charge in [0.25, 0.3) is 5.82 Å². The van der Waals surface area contributed by atoms with Crippen molar-refractivity contribution in [3.63, 3.8) is 0 Å². The minimum atomic E-state index is -1.16. The van der Waals surface area contributed by atoms with Gasteiger partial charge in [0.1, 0.15) is 0 Å². The molecule has 6 nitrogen and oxygen atoms in total. The molecule has 1 saturated carbocycles. The van der Waals surface area contributed by atoms with Crippen LogP contribution in [-0.4, -0.2) is 33.8 Å². The summed E-state index contributed by atoms with van der Waals surface area (Å²) in [6.45, 7) is 0.756. The van der Waals surface area contributed by atoms with E-state index in [1.165, 1.54) is 12.8 Å². The highest BCUT2D eigenvalue weighted by Crippen LogP contribution is 2.18. The molecule has 14 heavy (non-hydrogen) atoms. The molecule has 0 amide bonds. The lowest BCUT2D eigenvalue weighted by Crippen LogP contribution is -2.19. The molecule has 2 rings (SSSR count). The fraction of sp³-hybridized carbons (Fsp3) is 0.625.